The number of carbonyl (C=O) groups excluding carboxylic acids is 1. The molecule has 2 aliphatic rings. The predicted octanol–water partition coefficient (Wildman–Crippen LogP) is 3.56. The highest BCUT2D eigenvalue weighted by molar-refractivity contribution is 5.78. The van der Waals surface area contributed by atoms with Gasteiger partial charge in [0, 0.05) is 31.9 Å². The number of rotatable bonds is 2. The number of alkyl carbamates (subject to hydrolysis) is 1. The van der Waals surface area contributed by atoms with Crippen molar-refractivity contribution in [3.05, 3.63) is 48.2 Å². The maximum absolute atomic E-state index is 12.9. The Morgan fingerprint density at radius 2 is 1.96 bits per heavy atom. The van der Waals surface area contributed by atoms with E-state index in [2.05, 4.69) is 15.2 Å². The number of amides is 1. The van der Waals surface area contributed by atoms with Gasteiger partial charge in [0.25, 0.3) is 0 Å². The van der Waals surface area contributed by atoms with Crippen molar-refractivity contribution in [1.82, 2.24) is 10.3 Å². The fraction of sp³-hybridized carbons (Fsp3) is 0.368. The third kappa shape index (κ3) is 3.32. The first kappa shape index (κ1) is 18.4. The van der Waals surface area contributed by atoms with Crippen molar-refractivity contribution in [2.24, 2.45) is 0 Å². The molecule has 148 valence electrons. The first-order valence-corrected chi connectivity index (χ1v) is 8.91. The maximum atomic E-state index is 12.9. The van der Waals surface area contributed by atoms with Crippen molar-refractivity contribution in [2.45, 2.75) is 24.7 Å². The molecule has 1 aromatic heterocycles. The summed E-state index contributed by atoms with van der Waals surface area (Å²) in [5, 5.41) is 2.45. The molecule has 0 unspecified atom stereocenters. The lowest BCUT2D eigenvalue weighted by molar-refractivity contribution is -0.137. The van der Waals surface area contributed by atoms with Gasteiger partial charge in [0.05, 0.1) is 23.8 Å². The van der Waals surface area contributed by atoms with E-state index in [0.717, 1.165) is 23.6 Å². The number of anilines is 3. The first-order chi connectivity index (χ1) is 13.4. The van der Waals surface area contributed by atoms with Gasteiger partial charge in [-0.25, -0.2) is 9.78 Å². The van der Waals surface area contributed by atoms with Gasteiger partial charge >= 0.3 is 12.3 Å². The number of nitrogens with one attached hydrogen (secondary N) is 1. The standard InChI is InChI=1S/C19H19F3N4O2/c1-23-18(27)28-15-9-14-10-25(13-6-4-12(5-7-13)19(20,21)22)16-3-2-8-24-17(16)26(14)11-15/h2-8,14-15H,9-11H2,1H3,(H,23,27)/t14-,15-/m1/s1. The van der Waals surface area contributed by atoms with Crippen molar-refractivity contribution in [3.8, 4) is 0 Å². The van der Waals surface area contributed by atoms with Crippen LogP contribution in [-0.2, 0) is 10.9 Å². The summed E-state index contributed by atoms with van der Waals surface area (Å²) in [5.41, 5.74) is 0.804. The van der Waals surface area contributed by atoms with Gasteiger partial charge in [-0.3, -0.25) is 0 Å². The van der Waals surface area contributed by atoms with Crippen LogP contribution in [-0.4, -0.2) is 43.4 Å². The number of hydrogen-bond acceptors (Lipinski definition) is 5. The van der Waals surface area contributed by atoms with Crippen LogP contribution in [0.15, 0.2) is 42.6 Å². The molecule has 3 heterocycles. The lowest BCUT2D eigenvalue weighted by Gasteiger charge is -2.40. The summed E-state index contributed by atoms with van der Waals surface area (Å²) in [5.74, 6) is 0.738. The largest absolute Gasteiger partial charge is 0.444 e. The normalized spacial score (nSPS) is 21.1. The second-order valence-corrected chi connectivity index (χ2v) is 6.82. The molecule has 0 aliphatic carbocycles. The average Bonchev–Trinajstić information content (AvgIpc) is 3.09. The number of fused-ring (bicyclic) bond motifs is 3. The minimum atomic E-state index is -4.37. The van der Waals surface area contributed by atoms with Gasteiger partial charge in [-0.2, -0.15) is 13.2 Å². The van der Waals surface area contributed by atoms with Gasteiger partial charge in [0.1, 0.15) is 6.10 Å². The quantitative estimate of drug-likeness (QED) is 0.847. The fourth-order valence-electron chi connectivity index (χ4n) is 3.81. The van der Waals surface area contributed by atoms with Crippen LogP contribution in [0.4, 0.5) is 35.2 Å². The molecule has 0 saturated carbocycles. The third-order valence-corrected chi connectivity index (χ3v) is 5.08. The fourth-order valence-corrected chi connectivity index (χ4v) is 3.81. The number of halogens is 3. The lowest BCUT2D eigenvalue weighted by Crippen LogP contribution is -2.44. The molecule has 4 rings (SSSR count). The zero-order chi connectivity index (χ0) is 19.9. The van der Waals surface area contributed by atoms with Crippen molar-refractivity contribution < 1.29 is 22.7 Å². The van der Waals surface area contributed by atoms with E-state index in [0.29, 0.717) is 25.2 Å². The maximum Gasteiger partial charge on any atom is 0.416 e. The highest BCUT2D eigenvalue weighted by Crippen LogP contribution is 2.42. The Labute approximate surface area is 159 Å². The van der Waals surface area contributed by atoms with Gasteiger partial charge in [0.15, 0.2) is 5.82 Å². The molecule has 1 aromatic carbocycles. The van der Waals surface area contributed by atoms with E-state index >= 15 is 0 Å². The topological polar surface area (TPSA) is 57.7 Å². The van der Waals surface area contributed by atoms with E-state index in [1.54, 1.807) is 12.3 Å². The molecule has 6 nitrogen and oxygen atoms in total. The van der Waals surface area contributed by atoms with Gasteiger partial charge in [-0.1, -0.05) is 0 Å². The summed E-state index contributed by atoms with van der Waals surface area (Å²) in [6.07, 6.45) is -2.82. The molecule has 0 spiro atoms. The Bertz CT molecular complexity index is 872. The summed E-state index contributed by atoms with van der Waals surface area (Å²) in [6.45, 7) is 1.10. The van der Waals surface area contributed by atoms with E-state index < -0.39 is 17.8 Å². The Kier molecular flexibility index (Phi) is 4.52. The highest BCUT2D eigenvalue weighted by atomic mass is 19.4. The monoisotopic (exact) mass is 392 g/mol. The Morgan fingerprint density at radius 3 is 2.64 bits per heavy atom. The summed E-state index contributed by atoms with van der Waals surface area (Å²) in [7, 11) is 1.51. The summed E-state index contributed by atoms with van der Waals surface area (Å²) >= 11 is 0. The Hall–Kier alpha value is -2.97. The van der Waals surface area contributed by atoms with E-state index in [1.165, 1.54) is 19.2 Å². The number of ether oxygens (including phenoxy) is 1. The molecule has 2 atom stereocenters. The van der Waals surface area contributed by atoms with Crippen LogP contribution in [0.1, 0.15) is 12.0 Å². The van der Waals surface area contributed by atoms with Crippen LogP contribution >= 0.6 is 0 Å². The molecule has 28 heavy (non-hydrogen) atoms. The Morgan fingerprint density at radius 1 is 1.21 bits per heavy atom. The predicted molar refractivity (Wildman–Crippen MR) is 97.8 cm³/mol. The van der Waals surface area contributed by atoms with E-state index in [-0.39, 0.29) is 12.1 Å². The zero-order valence-electron chi connectivity index (χ0n) is 15.1. The van der Waals surface area contributed by atoms with Crippen molar-refractivity contribution >= 4 is 23.3 Å². The molecule has 0 radical (unpaired) electrons. The number of carbonyl (C=O) groups is 1. The number of aromatic nitrogens is 1. The first-order valence-electron chi connectivity index (χ1n) is 8.91. The SMILES string of the molecule is CNC(=O)O[C@@H]1C[C@@H]2CN(c3ccc(C(F)(F)F)cc3)c3cccnc3N2C1. The number of benzene rings is 1. The smallest absolute Gasteiger partial charge is 0.416 e. The second kappa shape index (κ2) is 6.88. The Balaban J connectivity index is 1.63. The van der Waals surface area contributed by atoms with Crippen molar-refractivity contribution in [3.63, 3.8) is 0 Å². The molecule has 9 heteroatoms. The van der Waals surface area contributed by atoms with Crippen LogP contribution in [0.5, 0.6) is 0 Å². The van der Waals surface area contributed by atoms with E-state index in [9.17, 15) is 18.0 Å². The number of pyridine rings is 1. The average molecular weight is 392 g/mol. The van der Waals surface area contributed by atoms with Gasteiger partial charge in [0.2, 0.25) is 0 Å². The summed E-state index contributed by atoms with van der Waals surface area (Å²) in [6, 6.07) is 8.85. The van der Waals surface area contributed by atoms with Crippen LogP contribution in [0.3, 0.4) is 0 Å². The number of alkyl halides is 3. The lowest BCUT2D eigenvalue weighted by atomic mass is 10.1. The molecular weight excluding hydrogens is 373 g/mol. The molecule has 1 amide bonds. The van der Waals surface area contributed by atoms with Gasteiger partial charge in [-0.15, -0.1) is 0 Å². The van der Waals surface area contributed by atoms with E-state index in [1.807, 2.05) is 11.0 Å². The molecule has 0 bridgehead atoms. The highest BCUT2D eigenvalue weighted by Gasteiger charge is 2.41. The van der Waals surface area contributed by atoms with Crippen LogP contribution < -0.4 is 15.1 Å². The van der Waals surface area contributed by atoms with Crippen LogP contribution in [0.2, 0.25) is 0 Å². The molecular formula is C19H19F3N4O2. The molecule has 2 aliphatic heterocycles. The minimum absolute atomic E-state index is 0.0411. The van der Waals surface area contributed by atoms with Crippen molar-refractivity contribution in [2.75, 3.05) is 29.9 Å². The van der Waals surface area contributed by atoms with E-state index in [4.69, 9.17) is 4.74 Å². The number of nitrogens with zero attached hydrogens (tertiary/aromatic N) is 3. The minimum Gasteiger partial charge on any atom is -0.444 e. The summed E-state index contributed by atoms with van der Waals surface area (Å²) < 4.78 is 44.0. The second-order valence-electron chi connectivity index (χ2n) is 6.82. The van der Waals surface area contributed by atoms with Crippen LogP contribution in [0.25, 0.3) is 0 Å². The van der Waals surface area contributed by atoms with Crippen LogP contribution in [0, 0.1) is 0 Å². The van der Waals surface area contributed by atoms with Crippen molar-refractivity contribution in [1.29, 1.82) is 0 Å². The summed E-state index contributed by atoms with van der Waals surface area (Å²) in [4.78, 5) is 20.1. The molecule has 2 aromatic rings. The molecule has 1 N–H and O–H groups in total. The van der Waals surface area contributed by atoms with Gasteiger partial charge < -0.3 is 19.9 Å². The number of hydrogen-bond donors (Lipinski definition) is 1. The third-order valence-electron chi connectivity index (χ3n) is 5.08. The molecule has 1 saturated heterocycles. The molecule has 1 fully saturated rings. The zero-order valence-corrected chi connectivity index (χ0v) is 15.1. The van der Waals surface area contributed by atoms with Gasteiger partial charge in [-0.05, 0) is 36.4 Å².